The molecule has 0 saturated carbocycles. The van der Waals surface area contributed by atoms with Crippen LogP contribution in [0.4, 0.5) is 13.2 Å². The van der Waals surface area contributed by atoms with Crippen molar-refractivity contribution in [2.24, 2.45) is 5.92 Å². The first-order valence-electron chi connectivity index (χ1n) is 7.49. The molecule has 0 atom stereocenters. The Morgan fingerprint density at radius 3 is 2.33 bits per heavy atom. The van der Waals surface area contributed by atoms with Crippen LogP contribution in [0, 0.1) is 12.8 Å². The molecule has 9 heteroatoms. The summed E-state index contributed by atoms with van der Waals surface area (Å²) in [5.41, 5.74) is -0.609. The number of rotatable bonds is 4. The summed E-state index contributed by atoms with van der Waals surface area (Å²) in [6.45, 7) is 3.01. The fourth-order valence-corrected chi connectivity index (χ4v) is 4.56. The first kappa shape index (κ1) is 21.2. The van der Waals surface area contributed by atoms with Crippen molar-refractivity contribution in [3.8, 4) is 0 Å². The molecule has 0 aliphatic carbocycles. The van der Waals surface area contributed by atoms with E-state index in [0.29, 0.717) is 37.4 Å². The third kappa shape index (κ3) is 4.62. The van der Waals surface area contributed by atoms with Gasteiger partial charge in [0.25, 0.3) is 0 Å². The highest BCUT2D eigenvalue weighted by atomic mass is 35.5. The van der Waals surface area contributed by atoms with Crippen LogP contribution in [0.2, 0.25) is 0 Å². The number of benzene rings is 1. The van der Waals surface area contributed by atoms with Gasteiger partial charge >= 0.3 is 6.18 Å². The van der Waals surface area contributed by atoms with Crippen molar-refractivity contribution in [1.29, 1.82) is 0 Å². The molecule has 2 rings (SSSR count). The zero-order valence-electron chi connectivity index (χ0n) is 13.6. The lowest BCUT2D eigenvalue weighted by molar-refractivity contribution is -0.137. The van der Waals surface area contributed by atoms with E-state index in [1.165, 1.54) is 17.3 Å². The Balaban J connectivity index is 0.00000288. The zero-order valence-corrected chi connectivity index (χ0v) is 15.2. The highest BCUT2D eigenvalue weighted by molar-refractivity contribution is 7.89. The number of aryl methyl sites for hydroxylation is 1. The van der Waals surface area contributed by atoms with Crippen molar-refractivity contribution in [2.75, 3.05) is 26.7 Å². The first-order chi connectivity index (χ1) is 10.7. The summed E-state index contributed by atoms with van der Waals surface area (Å²) >= 11 is 0. The second kappa shape index (κ2) is 8.03. The number of hydrogen-bond acceptors (Lipinski definition) is 3. The van der Waals surface area contributed by atoms with Crippen molar-refractivity contribution in [3.63, 3.8) is 0 Å². The van der Waals surface area contributed by atoms with Gasteiger partial charge in [0.1, 0.15) is 0 Å². The molecule has 0 spiro atoms. The molecule has 1 heterocycles. The second-order valence-corrected chi connectivity index (χ2v) is 7.79. The Labute approximate surface area is 146 Å². The van der Waals surface area contributed by atoms with Crippen LogP contribution >= 0.6 is 12.4 Å². The fraction of sp³-hybridized carbons (Fsp3) is 0.600. The lowest BCUT2D eigenvalue weighted by Gasteiger charge is -2.31. The standard InChI is InChI=1S/C15H21F3N2O2S.ClH/c1-11-3-4-13(15(16,17)18)9-14(11)23(21,22)20-7-5-12(6-8-20)10-19-2;/h3-4,9,12,19H,5-8,10H2,1-2H3;1H. The molecular weight excluding hydrogens is 365 g/mol. The molecule has 0 bridgehead atoms. The van der Waals surface area contributed by atoms with E-state index in [4.69, 9.17) is 0 Å². The molecule has 138 valence electrons. The van der Waals surface area contributed by atoms with Crippen LogP contribution in [0.15, 0.2) is 23.1 Å². The number of alkyl halides is 3. The molecule has 1 aromatic carbocycles. The first-order valence-corrected chi connectivity index (χ1v) is 8.93. The minimum atomic E-state index is -4.56. The van der Waals surface area contributed by atoms with E-state index in [1.54, 1.807) is 0 Å². The molecule has 0 amide bonds. The molecule has 1 saturated heterocycles. The maximum atomic E-state index is 12.9. The Morgan fingerprint density at radius 2 is 1.83 bits per heavy atom. The average Bonchev–Trinajstić information content (AvgIpc) is 2.47. The smallest absolute Gasteiger partial charge is 0.319 e. The number of halogens is 4. The van der Waals surface area contributed by atoms with E-state index in [0.717, 1.165) is 18.7 Å². The number of sulfonamides is 1. The number of piperidine rings is 1. The van der Waals surface area contributed by atoms with Crippen LogP contribution in [0.5, 0.6) is 0 Å². The maximum absolute atomic E-state index is 12.9. The molecule has 1 aliphatic heterocycles. The molecule has 0 unspecified atom stereocenters. The SMILES string of the molecule is CNCC1CCN(S(=O)(=O)c2cc(C(F)(F)F)ccc2C)CC1.Cl. The highest BCUT2D eigenvalue weighted by Gasteiger charge is 2.35. The average molecular weight is 387 g/mol. The number of nitrogens with one attached hydrogen (secondary N) is 1. The van der Waals surface area contributed by atoms with Gasteiger partial charge in [0, 0.05) is 13.1 Å². The highest BCUT2D eigenvalue weighted by Crippen LogP contribution is 2.33. The third-order valence-electron chi connectivity index (χ3n) is 4.20. The van der Waals surface area contributed by atoms with E-state index < -0.39 is 21.8 Å². The molecule has 0 radical (unpaired) electrons. The lowest BCUT2D eigenvalue weighted by atomic mass is 9.98. The van der Waals surface area contributed by atoms with Gasteiger partial charge in [-0.05, 0) is 57.0 Å². The molecule has 1 fully saturated rings. The molecular formula is C15H22ClF3N2O2S. The molecule has 4 nitrogen and oxygen atoms in total. The van der Waals surface area contributed by atoms with Crippen molar-refractivity contribution in [2.45, 2.75) is 30.8 Å². The summed E-state index contributed by atoms with van der Waals surface area (Å²) in [6.07, 6.45) is -3.14. The van der Waals surface area contributed by atoms with E-state index >= 15 is 0 Å². The Morgan fingerprint density at radius 1 is 1.25 bits per heavy atom. The number of hydrogen-bond donors (Lipinski definition) is 1. The van der Waals surface area contributed by atoms with Crippen LogP contribution < -0.4 is 5.32 Å². The van der Waals surface area contributed by atoms with E-state index in [-0.39, 0.29) is 17.3 Å². The van der Waals surface area contributed by atoms with Crippen LogP contribution in [0.25, 0.3) is 0 Å². The van der Waals surface area contributed by atoms with Gasteiger partial charge in [-0.15, -0.1) is 12.4 Å². The van der Waals surface area contributed by atoms with Crippen molar-refractivity contribution in [3.05, 3.63) is 29.3 Å². The second-order valence-electron chi connectivity index (χ2n) is 5.88. The van der Waals surface area contributed by atoms with Gasteiger partial charge in [-0.3, -0.25) is 0 Å². The molecule has 0 aromatic heterocycles. The van der Waals surface area contributed by atoms with E-state index in [1.807, 2.05) is 7.05 Å². The maximum Gasteiger partial charge on any atom is 0.416 e. The van der Waals surface area contributed by atoms with Crippen LogP contribution in [-0.2, 0) is 16.2 Å². The predicted octanol–water partition coefficient (Wildman–Crippen LogP) is 3.06. The lowest BCUT2D eigenvalue weighted by Crippen LogP contribution is -2.40. The van der Waals surface area contributed by atoms with Crippen LogP contribution in [0.3, 0.4) is 0 Å². The normalized spacial score (nSPS) is 17.5. The van der Waals surface area contributed by atoms with Gasteiger partial charge in [-0.25, -0.2) is 8.42 Å². The predicted molar refractivity (Wildman–Crippen MR) is 88.8 cm³/mol. The quantitative estimate of drug-likeness (QED) is 0.865. The molecule has 24 heavy (non-hydrogen) atoms. The summed E-state index contributed by atoms with van der Waals surface area (Å²) < 4.78 is 65.2. The van der Waals surface area contributed by atoms with E-state index in [9.17, 15) is 21.6 Å². The van der Waals surface area contributed by atoms with Gasteiger partial charge < -0.3 is 5.32 Å². The third-order valence-corrected chi connectivity index (χ3v) is 6.24. The van der Waals surface area contributed by atoms with Crippen molar-refractivity contribution >= 4 is 22.4 Å². The van der Waals surface area contributed by atoms with Crippen molar-refractivity contribution in [1.82, 2.24) is 9.62 Å². The minimum Gasteiger partial charge on any atom is -0.319 e. The van der Waals surface area contributed by atoms with E-state index in [2.05, 4.69) is 5.32 Å². The number of nitrogens with zero attached hydrogens (tertiary/aromatic N) is 1. The largest absolute Gasteiger partial charge is 0.416 e. The monoisotopic (exact) mass is 386 g/mol. The fourth-order valence-electron chi connectivity index (χ4n) is 2.84. The molecule has 1 aliphatic rings. The Bertz CT molecular complexity index is 657. The summed E-state index contributed by atoms with van der Waals surface area (Å²) in [6, 6.07) is 2.86. The molecule has 1 N–H and O–H groups in total. The Kier molecular flexibility index (Phi) is 7.10. The summed E-state index contributed by atoms with van der Waals surface area (Å²) in [4.78, 5) is -0.251. The summed E-state index contributed by atoms with van der Waals surface area (Å²) in [5, 5.41) is 3.06. The zero-order chi connectivity index (χ0) is 17.3. The van der Waals surface area contributed by atoms with Crippen LogP contribution in [-0.4, -0.2) is 39.4 Å². The van der Waals surface area contributed by atoms with Gasteiger partial charge in [0.05, 0.1) is 10.5 Å². The van der Waals surface area contributed by atoms with Gasteiger partial charge in [0.15, 0.2) is 0 Å². The Hall–Kier alpha value is -0.830. The van der Waals surface area contributed by atoms with Gasteiger partial charge in [0.2, 0.25) is 10.0 Å². The summed E-state index contributed by atoms with van der Waals surface area (Å²) in [7, 11) is -2.06. The minimum absolute atomic E-state index is 0. The molecule has 1 aromatic rings. The van der Waals surface area contributed by atoms with Crippen LogP contribution in [0.1, 0.15) is 24.0 Å². The van der Waals surface area contributed by atoms with Gasteiger partial charge in [-0.1, -0.05) is 6.07 Å². The topological polar surface area (TPSA) is 49.4 Å². The summed E-state index contributed by atoms with van der Waals surface area (Å²) in [5.74, 6) is 0.397. The van der Waals surface area contributed by atoms with Crippen molar-refractivity contribution < 1.29 is 21.6 Å². The van der Waals surface area contributed by atoms with Gasteiger partial charge in [-0.2, -0.15) is 17.5 Å².